The van der Waals surface area contributed by atoms with Crippen LogP contribution in [0.15, 0.2) is 53.5 Å². The second kappa shape index (κ2) is 12.7. The molecule has 0 aromatic heterocycles. The number of esters is 1. The van der Waals surface area contributed by atoms with Gasteiger partial charge in [0.1, 0.15) is 29.9 Å². The molecule has 0 bridgehead atoms. The molecule has 0 fully saturated rings. The molecule has 6 rings (SSSR count). The lowest BCUT2D eigenvalue weighted by atomic mass is 10.00. The second-order valence-electron chi connectivity index (χ2n) is 11.7. The molecule has 0 aliphatic carbocycles. The summed E-state index contributed by atoms with van der Waals surface area (Å²) in [6.07, 6.45) is -3.86. The van der Waals surface area contributed by atoms with Crippen molar-refractivity contribution >= 4 is 27.5 Å². The first-order valence-corrected chi connectivity index (χ1v) is 17.0. The number of fused-ring (bicyclic) bond motifs is 4. The fourth-order valence-electron chi connectivity index (χ4n) is 6.30. The van der Waals surface area contributed by atoms with Crippen molar-refractivity contribution in [1.82, 2.24) is 4.58 Å². The molecule has 3 aliphatic heterocycles. The van der Waals surface area contributed by atoms with Gasteiger partial charge in [0.05, 0.1) is 11.8 Å². The van der Waals surface area contributed by atoms with Gasteiger partial charge in [0.2, 0.25) is 5.36 Å². The zero-order chi connectivity index (χ0) is 32.6. The molecule has 3 aliphatic rings. The Morgan fingerprint density at radius 2 is 1.83 bits per heavy atom. The second-order valence-corrected chi connectivity index (χ2v) is 13.4. The number of hydrogen-bond acceptors (Lipinski definition) is 8. The third kappa shape index (κ3) is 6.90. The molecule has 0 spiro atoms. The summed E-state index contributed by atoms with van der Waals surface area (Å²) in [4.78, 5) is 18.4. The predicted octanol–water partition coefficient (Wildman–Crippen LogP) is 4.92. The van der Waals surface area contributed by atoms with E-state index >= 15 is 0 Å². The maximum absolute atomic E-state index is 13.9. The molecular weight excluding hydrogens is 623 g/mol. The minimum atomic E-state index is -4.99. The molecule has 0 radical (unpaired) electrons. The maximum Gasteiger partial charge on any atom is 0.420 e. The first kappa shape index (κ1) is 32.0. The van der Waals surface area contributed by atoms with Crippen LogP contribution < -0.4 is 29.7 Å². The highest BCUT2D eigenvalue weighted by Gasteiger charge is 2.45. The monoisotopic (exact) mass is 658 g/mol. The number of alkyl halides is 3. The van der Waals surface area contributed by atoms with E-state index in [-0.39, 0.29) is 12.2 Å². The number of rotatable bonds is 9. The normalized spacial score (nSPS) is 16.3. The first-order valence-electron chi connectivity index (χ1n) is 15.4. The van der Waals surface area contributed by atoms with Crippen molar-refractivity contribution in [3.8, 4) is 17.2 Å². The van der Waals surface area contributed by atoms with Gasteiger partial charge in [-0.3, -0.25) is 8.98 Å². The van der Waals surface area contributed by atoms with Crippen LogP contribution in [0.25, 0.3) is 0 Å². The molecule has 1 unspecified atom stereocenters. The molecule has 0 N–H and O–H groups in total. The van der Waals surface area contributed by atoms with Gasteiger partial charge in [-0.15, -0.1) is 0 Å². The predicted molar refractivity (Wildman–Crippen MR) is 165 cm³/mol. The fraction of sp³-hybridized carbons (Fsp3) is 0.424. The molecule has 46 heavy (non-hydrogen) atoms. The highest BCUT2D eigenvalue weighted by atomic mass is 32.2. The topological polar surface area (TPSA) is 97.5 Å². The number of anilines is 1. The molecule has 0 amide bonds. The molecule has 3 aromatic carbocycles. The number of benzene rings is 3. The van der Waals surface area contributed by atoms with E-state index < -0.39 is 39.7 Å². The highest BCUT2D eigenvalue weighted by Crippen LogP contribution is 2.41. The van der Waals surface area contributed by atoms with E-state index in [1.807, 2.05) is 16.7 Å². The Labute approximate surface area is 265 Å². The van der Waals surface area contributed by atoms with Gasteiger partial charge in [0, 0.05) is 50.2 Å². The third-order valence-corrected chi connectivity index (χ3v) is 9.67. The van der Waals surface area contributed by atoms with Gasteiger partial charge in [0.15, 0.2) is 17.6 Å². The summed E-state index contributed by atoms with van der Waals surface area (Å²) < 4.78 is 85.1. The minimum Gasteiger partial charge on any atom is -0.452 e. The summed E-state index contributed by atoms with van der Waals surface area (Å²) in [6, 6.07) is 12.5. The van der Waals surface area contributed by atoms with Crippen LogP contribution in [-0.4, -0.2) is 52.5 Å². The molecular formula is C33H35F3N3O6S+. The standard InChI is InChI=1S/C33H35F3N3O6S/c1-3-38-13-4-7-23-17-26-30(19-28(23)38)44-31-20-29-24(18-27(31)37-26)8-5-14-39(29)15-6-16-46(41,42)45-32(33(34,35)36)22-9-11-25(12-10-22)43-21(2)40/h9-12,17-20,32H,3-8,13-16H2,1-2H3/q+1. The number of ether oxygens (including phenoxy) is 2. The van der Waals surface area contributed by atoms with Gasteiger partial charge >= 0.3 is 12.1 Å². The lowest BCUT2D eigenvalue weighted by Crippen LogP contribution is -2.40. The van der Waals surface area contributed by atoms with Crippen molar-refractivity contribution in [3.63, 3.8) is 0 Å². The van der Waals surface area contributed by atoms with E-state index in [9.17, 15) is 26.4 Å². The van der Waals surface area contributed by atoms with Crippen molar-refractivity contribution in [2.45, 2.75) is 58.2 Å². The molecule has 9 nitrogen and oxygen atoms in total. The van der Waals surface area contributed by atoms with E-state index in [2.05, 4.69) is 24.0 Å². The molecule has 0 saturated carbocycles. The van der Waals surface area contributed by atoms with Crippen LogP contribution in [0, 0.1) is 0 Å². The molecule has 0 saturated heterocycles. The SMILES string of the molecule is CCN1CCCc2cc3c(cc21)Oc1cc2c(cc1=N3)CCC[N+]=2CCCS(=O)(=O)OC(c1ccc(OC(C)=O)cc1)C(F)(F)F. The van der Waals surface area contributed by atoms with Crippen molar-refractivity contribution in [1.29, 1.82) is 0 Å². The van der Waals surface area contributed by atoms with Crippen LogP contribution >= 0.6 is 0 Å². The quantitative estimate of drug-likeness (QED) is 0.109. The Hall–Kier alpha value is -3.97. The summed E-state index contributed by atoms with van der Waals surface area (Å²) in [5, 5.41) is 1.64. The largest absolute Gasteiger partial charge is 0.452 e. The number of halogens is 3. The molecule has 3 heterocycles. The zero-order valence-electron chi connectivity index (χ0n) is 25.6. The van der Waals surface area contributed by atoms with Gasteiger partial charge in [0.25, 0.3) is 10.1 Å². The Morgan fingerprint density at radius 3 is 2.54 bits per heavy atom. The summed E-state index contributed by atoms with van der Waals surface area (Å²) in [7, 11) is -4.56. The van der Waals surface area contributed by atoms with E-state index in [1.165, 1.54) is 11.3 Å². The molecule has 1 atom stereocenters. The number of hydrogen-bond donors (Lipinski definition) is 0. The van der Waals surface area contributed by atoms with Crippen LogP contribution in [0.5, 0.6) is 17.2 Å². The average Bonchev–Trinajstić information content (AvgIpc) is 3.00. The van der Waals surface area contributed by atoms with Crippen molar-refractivity contribution in [2.24, 2.45) is 4.99 Å². The number of carbonyl (C=O) groups is 1. The number of aryl methyl sites for hydroxylation is 2. The van der Waals surface area contributed by atoms with Gasteiger partial charge in [-0.25, -0.2) is 9.57 Å². The Bertz CT molecular complexity index is 1900. The van der Waals surface area contributed by atoms with Crippen LogP contribution in [-0.2, 0) is 31.9 Å². The van der Waals surface area contributed by atoms with E-state index in [4.69, 9.17) is 18.6 Å². The Kier molecular flexibility index (Phi) is 8.81. The van der Waals surface area contributed by atoms with Crippen molar-refractivity contribution in [3.05, 3.63) is 75.9 Å². The Balaban J connectivity index is 1.19. The molecule has 3 aromatic rings. The first-order chi connectivity index (χ1) is 21.9. The van der Waals surface area contributed by atoms with Gasteiger partial charge in [-0.1, -0.05) is 12.1 Å². The Morgan fingerprint density at radius 1 is 1.07 bits per heavy atom. The highest BCUT2D eigenvalue weighted by molar-refractivity contribution is 7.86. The lowest BCUT2D eigenvalue weighted by molar-refractivity contribution is -0.196. The summed E-state index contributed by atoms with van der Waals surface area (Å²) in [6.45, 7) is 6.17. The fourth-order valence-corrected chi connectivity index (χ4v) is 7.39. The van der Waals surface area contributed by atoms with Crippen LogP contribution in [0.1, 0.15) is 55.9 Å². The summed E-state index contributed by atoms with van der Waals surface area (Å²) in [5.74, 6) is 0.108. The number of carbonyl (C=O) groups excluding carboxylic acids is 1. The van der Waals surface area contributed by atoms with E-state index in [1.54, 1.807) is 0 Å². The maximum atomic E-state index is 13.9. The summed E-state index contributed by atoms with van der Waals surface area (Å²) >= 11 is 0. The minimum absolute atomic E-state index is 0.0356. The van der Waals surface area contributed by atoms with Crippen molar-refractivity contribution in [2.75, 3.05) is 36.8 Å². The average molecular weight is 659 g/mol. The molecule has 13 heteroatoms. The molecule has 244 valence electrons. The zero-order valence-corrected chi connectivity index (χ0v) is 26.4. The number of nitrogens with zero attached hydrogens (tertiary/aromatic N) is 3. The smallest absolute Gasteiger partial charge is 0.420 e. The van der Waals surface area contributed by atoms with Crippen LogP contribution in [0.2, 0.25) is 0 Å². The lowest BCUT2D eigenvalue weighted by Gasteiger charge is -2.31. The van der Waals surface area contributed by atoms with Crippen molar-refractivity contribution < 1.29 is 40.0 Å². The summed E-state index contributed by atoms with van der Waals surface area (Å²) in [5.41, 5.74) is 3.88. The van der Waals surface area contributed by atoms with E-state index in [0.29, 0.717) is 24.6 Å². The van der Waals surface area contributed by atoms with Gasteiger partial charge < -0.3 is 14.4 Å². The van der Waals surface area contributed by atoms with Gasteiger partial charge in [-0.2, -0.15) is 21.6 Å². The third-order valence-electron chi connectivity index (χ3n) is 8.40. The van der Waals surface area contributed by atoms with E-state index in [0.717, 1.165) is 91.9 Å². The van der Waals surface area contributed by atoms with Crippen LogP contribution in [0.4, 0.5) is 24.5 Å². The van der Waals surface area contributed by atoms with Gasteiger partial charge in [-0.05, 0) is 61.6 Å². The van der Waals surface area contributed by atoms with Crippen LogP contribution in [0.3, 0.4) is 0 Å².